The maximum atomic E-state index is 6.66. The fraction of sp³-hybridized carbons (Fsp3) is 0.120. The van der Waals surface area contributed by atoms with Crippen molar-refractivity contribution < 1.29 is 25.8 Å². The van der Waals surface area contributed by atoms with Crippen LogP contribution in [0.3, 0.4) is 0 Å². The number of benzene rings is 6. The second-order valence-corrected chi connectivity index (χ2v) is 16.2. The third kappa shape index (κ3) is 4.51. The van der Waals surface area contributed by atoms with Gasteiger partial charge in [-0.3, -0.25) is 4.98 Å². The SMILES string of the molecule is CC1(C)c2cccc3c4ccc(Oc5[c-]c6c(cc5)c5ccccc5n6-c5cc6c(cn5)c5ccccc5n6-c5ccccc5)[c-]c4c4ncc(n4c23)C1(C)C.[Pt+2]. The number of hydrogen-bond donors (Lipinski definition) is 0. The second-order valence-electron chi connectivity index (χ2n) is 16.2. The Kier molecular flexibility index (Phi) is 7.10. The molecular formula is C50H35N5OPt. The molecule has 0 saturated heterocycles. The Morgan fingerprint density at radius 1 is 0.544 bits per heavy atom. The molecule has 0 atom stereocenters. The first kappa shape index (κ1) is 34.1. The molecule has 5 aromatic heterocycles. The molecule has 0 N–H and O–H groups in total. The summed E-state index contributed by atoms with van der Waals surface area (Å²) in [7, 11) is 0. The van der Waals surface area contributed by atoms with E-state index in [9.17, 15) is 0 Å². The zero-order valence-electron chi connectivity index (χ0n) is 31.7. The molecule has 6 heterocycles. The number of aromatic nitrogens is 5. The number of nitrogens with zero attached hydrogens (tertiary/aromatic N) is 5. The van der Waals surface area contributed by atoms with E-state index in [1.165, 1.54) is 27.5 Å². The number of para-hydroxylation sites is 4. The minimum Gasteiger partial charge on any atom is -0.503 e. The minimum atomic E-state index is -0.129. The van der Waals surface area contributed by atoms with Gasteiger partial charge in [0.05, 0.1) is 16.7 Å². The van der Waals surface area contributed by atoms with Crippen LogP contribution in [0, 0.1) is 12.1 Å². The van der Waals surface area contributed by atoms with Crippen LogP contribution in [0.4, 0.5) is 0 Å². The van der Waals surface area contributed by atoms with E-state index < -0.39 is 0 Å². The van der Waals surface area contributed by atoms with Gasteiger partial charge in [-0.1, -0.05) is 123 Å². The summed E-state index contributed by atoms with van der Waals surface area (Å²) in [4.78, 5) is 10.2. The number of fused-ring (bicyclic) bond motifs is 9. The van der Waals surface area contributed by atoms with Gasteiger partial charge < -0.3 is 18.3 Å². The fourth-order valence-corrected chi connectivity index (χ4v) is 9.41. The standard InChI is InChI=1S/C50H35N5O.Pt/c1-49(2)40-18-12-17-37-33-23-21-31(25-38(33)48-52-29-45(50(49,3)4)55(48)47(37)40)56-32-22-24-36-34-15-8-11-20-42(34)54(43(36)26-32)46-27-44-39(28-51-46)35-16-9-10-19-41(35)53(44)30-13-6-5-7-14-30;/h5-24,27-29H,1-4H3;/q-2;+2. The van der Waals surface area contributed by atoms with Gasteiger partial charge in [0.25, 0.3) is 0 Å². The smallest absolute Gasteiger partial charge is 0.503 e. The molecule has 276 valence electrons. The van der Waals surface area contributed by atoms with Crippen molar-refractivity contribution in [3.05, 3.63) is 163 Å². The molecular weight excluding hydrogens is 882 g/mol. The van der Waals surface area contributed by atoms with Gasteiger partial charge in [0.2, 0.25) is 0 Å². The van der Waals surface area contributed by atoms with Gasteiger partial charge in [-0.05, 0) is 40.6 Å². The average Bonchev–Trinajstić information content (AvgIpc) is 3.91. The maximum absolute atomic E-state index is 6.66. The van der Waals surface area contributed by atoms with Crippen LogP contribution in [0.15, 0.2) is 140 Å². The molecule has 0 spiro atoms. The molecule has 0 fully saturated rings. The van der Waals surface area contributed by atoms with E-state index >= 15 is 0 Å². The fourth-order valence-electron chi connectivity index (χ4n) is 9.41. The quantitative estimate of drug-likeness (QED) is 0.131. The second kappa shape index (κ2) is 11.9. The molecule has 6 aromatic carbocycles. The number of rotatable bonds is 4. The largest absolute Gasteiger partial charge is 2.00 e. The molecule has 57 heavy (non-hydrogen) atoms. The van der Waals surface area contributed by atoms with Crippen molar-refractivity contribution in [3.63, 3.8) is 0 Å². The maximum Gasteiger partial charge on any atom is 2.00 e. The van der Waals surface area contributed by atoms with Crippen molar-refractivity contribution in [2.24, 2.45) is 0 Å². The summed E-state index contributed by atoms with van der Waals surface area (Å²) < 4.78 is 13.5. The van der Waals surface area contributed by atoms with Crippen LogP contribution in [-0.2, 0) is 31.9 Å². The average molecular weight is 917 g/mol. The Bertz CT molecular complexity index is 3460. The molecule has 0 amide bonds. The Balaban J connectivity index is 0.00000374. The first-order chi connectivity index (χ1) is 27.3. The predicted octanol–water partition coefficient (Wildman–Crippen LogP) is 12.2. The number of pyridine rings is 2. The van der Waals surface area contributed by atoms with Crippen molar-refractivity contribution >= 4 is 70.9 Å². The molecule has 12 rings (SSSR count). The first-order valence-corrected chi connectivity index (χ1v) is 19.2. The van der Waals surface area contributed by atoms with Crippen LogP contribution in [0.1, 0.15) is 39.0 Å². The first-order valence-electron chi connectivity index (χ1n) is 19.2. The molecule has 0 unspecified atom stereocenters. The number of hydrogen-bond acceptors (Lipinski definition) is 3. The molecule has 11 aromatic rings. The zero-order valence-corrected chi connectivity index (χ0v) is 34.0. The van der Waals surface area contributed by atoms with Gasteiger partial charge in [0.15, 0.2) is 0 Å². The third-order valence-corrected chi connectivity index (χ3v) is 12.9. The van der Waals surface area contributed by atoms with Gasteiger partial charge in [0.1, 0.15) is 5.82 Å². The van der Waals surface area contributed by atoms with E-state index in [1.54, 1.807) is 0 Å². The minimum absolute atomic E-state index is 0. The zero-order chi connectivity index (χ0) is 37.5. The predicted molar refractivity (Wildman–Crippen MR) is 227 cm³/mol. The van der Waals surface area contributed by atoms with Crippen molar-refractivity contribution in [3.8, 4) is 23.0 Å². The normalized spacial score (nSPS) is 14.5. The van der Waals surface area contributed by atoms with Crippen molar-refractivity contribution in [1.29, 1.82) is 0 Å². The van der Waals surface area contributed by atoms with E-state index in [2.05, 4.69) is 175 Å². The van der Waals surface area contributed by atoms with Crippen molar-refractivity contribution in [2.45, 2.75) is 38.5 Å². The molecule has 0 radical (unpaired) electrons. The van der Waals surface area contributed by atoms with E-state index in [0.717, 1.165) is 66.2 Å². The monoisotopic (exact) mass is 916 g/mol. The Morgan fingerprint density at radius 3 is 2.00 bits per heavy atom. The molecule has 0 saturated carbocycles. The van der Waals surface area contributed by atoms with Crippen molar-refractivity contribution in [2.75, 3.05) is 0 Å². The molecule has 7 heteroatoms. The summed E-state index contributed by atoms with van der Waals surface area (Å²) in [6, 6.07) is 52.0. The number of imidazole rings is 1. The van der Waals surface area contributed by atoms with Crippen LogP contribution < -0.4 is 4.74 Å². The van der Waals surface area contributed by atoms with Crippen LogP contribution in [0.2, 0.25) is 0 Å². The van der Waals surface area contributed by atoms with Crippen LogP contribution in [0.25, 0.3) is 82.4 Å². The Morgan fingerprint density at radius 2 is 1.21 bits per heavy atom. The molecule has 0 aliphatic carbocycles. The van der Waals surface area contributed by atoms with E-state index in [0.29, 0.717) is 11.5 Å². The summed E-state index contributed by atoms with van der Waals surface area (Å²) >= 11 is 0. The topological polar surface area (TPSA) is 49.3 Å². The summed E-state index contributed by atoms with van der Waals surface area (Å²) in [6.45, 7) is 9.35. The van der Waals surface area contributed by atoms with Crippen molar-refractivity contribution in [1.82, 2.24) is 23.5 Å². The van der Waals surface area contributed by atoms with E-state index in [4.69, 9.17) is 14.7 Å². The van der Waals surface area contributed by atoms with Crippen LogP contribution in [-0.4, -0.2) is 23.5 Å². The number of ether oxygens (including phenoxy) is 1. The van der Waals surface area contributed by atoms with E-state index in [-0.39, 0.29) is 31.9 Å². The molecule has 1 aliphatic heterocycles. The van der Waals surface area contributed by atoms with Gasteiger partial charge in [0, 0.05) is 74.0 Å². The Hall–Kier alpha value is -6.23. The van der Waals surface area contributed by atoms with Crippen LogP contribution in [0.5, 0.6) is 11.5 Å². The molecule has 6 nitrogen and oxygen atoms in total. The van der Waals surface area contributed by atoms with Gasteiger partial charge >= 0.3 is 21.1 Å². The van der Waals surface area contributed by atoms with Crippen LogP contribution >= 0.6 is 0 Å². The Labute approximate surface area is 343 Å². The van der Waals surface area contributed by atoms with E-state index in [1.807, 2.05) is 18.3 Å². The van der Waals surface area contributed by atoms with Gasteiger partial charge in [-0.15, -0.1) is 29.7 Å². The molecule has 1 aliphatic rings. The third-order valence-electron chi connectivity index (χ3n) is 12.9. The van der Waals surface area contributed by atoms with Gasteiger partial charge in [-0.25, -0.2) is 4.98 Å². The van der Waals surface area contributed by atoms with Gasteiger partial charge in [-0.2, -0.15) is 6.07 Å². The summed E-state index contributed by atoms with van der Waals surface area (Å²) in [5, 5.41) is 7.74. The summed E-state index contributed by atoms with van der Waals surface area (Å²) in [5.41, 5.74) is 9.77. The molecule has 0 bridgehead atoms. The summed E-state index contributed by atoms with van der Waals surface area (Å²) in [6.07, 6.45) is 4.06. The summed E-state index contributed by atoms with van der Waals surface area (Å²) in [5.74, 6) is 2.02.